The van der Waals surface area contributed by atoms with E-state index in [0.29, 0.717) is 18.2 Å². The van der Waals surface area contributed by atoms with E-state index in [9.17, 15) is 14.7 Å². The number of rotatable bonds is 8. The largest absolute Gasteiger partial charge is 0.392 e. The Morgan fingerprint density at radius 1 is 1.36 bits per heavy atom. The van der Waals surface area contributed by atoms with Gasteiger partial charge in [-0.2, -0.15) is 0 Å². The Hall–Kier alpha value is -2.29. The Balaban J connectivity index is 1.60. The van der Waals surface area contributed by atoms with Gasteiger partial charge in [0.05, 0.1) is 12.1 Å². The van der Waals surface area contributed by atoms with E-state index in [2.05, 4.69) is 15.2 Å². The van der Waals surface area contributed by atoms with Crippen molar-refractivity contribution in [3.05, 3.63) is 47.5 Å². The highest BCUT2D eigenvalue weighted by Crippen LogP contribution is 2.24. The van der Waals surface area contributed by atoms with Crippen LogP contribution in [0, 0.1) is 0 Å². The van der Waals surface area contributed by atoms with Gasteiger partial charge in [-0.15, -0.1) is 11.3 Å². The molecule has 7 nitrogen and oxygen atoms in total. The maximum atomic E-state index is 12.8. The van der Waals surface area contributed by atoms with E-state index >= 15 is 0 Å². The number of likely N-dealkylation sites (N-methyl/N-ethyl adjacent to an activating group) is 1. The summed E-state index contributed by atoms with van der Waals surface area (Å²) in [5, 5.41) is 14.8. The maximum absolute atomic E-state index is 12.8. The average Bonchev–Trinajstić information content (AvgIpc) is 3.36. The Bertz CT molecular complexity index is 769. The number of thiazole rings is 1. The van der Waals surface area contributed by atoms with Gasteiger partial charge in [-0.1, -0.05) is 30.3 Å². The maximum Gasteiger partial charge on any atom is 0.226 e. The first-order valence-electron chi connectivity index (χ1n) is 9.43. The fourth-order valence-electron chi connectivity index (χ4n) is 3.39. The van der Waals surface area contributed by atoms with E-state index in [1.165, 1.54) is 11.3 Å². The molecule has 1 aromatic carbocycles. The summed E-state index contributed by atoms with van der Waals surface area (Å²) < 4.78 is 0. The van der Waals surface area contributed by atoms with Crippen LogP contribution in [0.5, 0.6) is 0 Å². The van der Waals surface area contributed by atoms with Gasteiger partial charge in [-0.3, -0.25) is 14.5 Å². The molecule has 28 heavy (non-hydrogen) atoms. The number of carbonyl (C=O) groups is 2. The van der Waals surface area contributed by atoms with Gasteiger partial charge in [0.2, 0.25) is 11.8 Å². The van der Waals surface area contributed by atoms with Gasteiger partial charge in [0.25, 0.3) is 0 Å². The first-order chi connectivity index (χ1) is 13.5. The van der Waals surface area contributed by atoms with Crippen LogP contribution < -0.4 is 5.32 Å². The molecule has 1 aliphatic rings. The molecule has 0 spiro atoms. The Morgan fingerprint density at radius 3 is 2.79 bits per heavy atom. The Morgan fingerprint density at radius 2 is 2.14 bits per heavy atom. The molecule has 2 N–H and O–H groups in total. The lowest BCUT2D eigenvalue weighted by molar-refractivity contribution is -0.134. The number of β-amino-alcohol motifs (C(OH)–C–C–N with tert-alkyl or cyclic N) is 1. The van der Waals surface area contributed by atoms with E-state index < -0.39 is 0 Å². The van der Waals surface area contributed by atoms with Gasteiger partial charge in [-0.05, 0) is 12.0 Å². The van der Waals surface area contributed by atoms with Crippen molar-refractivity contribution in [2.75, 3.05) is 32.0 Å². The van der Waals surface area contributed by atoms with Crippen LogP contribution in [0.15, 0.2) is 41.9 Å². The number of amides is 2. The van der Waals surface area contributed by atoms with Crippen LogP contribution in [-0.2, 0) is 9.59 Å². The SMILES string of the molecule is CN(C(=O)CCC(=O)Nc1nccs1)[C@H](CN1CC[C@H](O)C1)c1ccccc1. The summed E-state index contributed by atoms with van der Waals surface area (Å²) in [6.07, 6.45) is 2.34. The van der Waals surface area contributed by atoms with Crippen molar-refractivity contribution < 1.29 is 14.7 Å². The molecule has 1 aromatic heterocycles. The van der Waals surface area contributed by atoms with Crippen LogP contribution in [-0.4, -0.2) is 64.5 Å². The number of aromatic nitrogens is 1. The standard InChI is InChI=1S/C20H26N4O3S/c1-23(19(27)8-7-18(26)22-20-21-10-12-28-20)17(15-5-3-2-4-6-15)14-24-11-9-16(25)13-24/h2-6,10,12,16-17,25H,7-9,11,13-14H2,1H3,(H,21,22,26)/t16-,17+/m0/s1. The smallest absolute Gasteiger partial charge is 0.226 e. The van der Waals surface area contributed by atoms with Crippen molar-refractivity contribution in [2.45, 2.75) is 31.4 Å². The van der Waals surface area contributed by atoms with Crippen molar-refractivity contribution in [1.82, 2.24) is 14.8 Å². The second-order valence-corrected chi connectivity index (χ2v) is 7.91. The minimum atomic E-state index is -0.299. The van der Waals surface area contributed by atoms with E-state index in [4.69, 9.17) is 0 Å². The molecule has 8 heteroatoms. The third-order valence-electron chi connectivity index (χ3n) is 4.97. The molecular formula is C20H26N4O3S. The quantitative estimate of drug-likeness (QED) is 0.707. The minimum Gasteiger partial charge on any atom is -0.392 e. The van der Waals surface area contributed by atoms with E-state index in [-0.39, 0.29) is 36.8 Å². The third-order valence-corrected chi connectivity index (χ3v) is 5.66. The summed E-state index contributed by atoms with van der Waals surface area (Å²) in [6, 6.07) is 9.76. The molecule has 1 aliphatic heterocycles. The number of nitrogens with one attached hydrogen (secondary N) is 1. The van der Waals surface area contributed by atoms with Crippen LogP contribution in [0.1, 0.15) is 30.9 Å². The number of carbonyl (C=O) groups excluding carboxylic acids is 2. The molecule has 2 atom stereocenters. The fourth-order valence-corrected chi connectivity index (χ4v) is 3.93. The minimum absolute atomic E-state index is 0.0807. The van der Waals surface area contributed by atoms with Crippen molar-refractivity contribution in [3.8, 4) is 0 Å². The van der Waals surface area contributed by atoms with Crippen molar-refractivity contribution >= 4 is 28.3 Å². The molecule has 0 bridgehead atoms. The summed E-state index contributed by atoms with van der Waals surface area (Å²) in [7, 11) is 1.78. The lowest BCUT2D eigenvalue weighted by atomic mass is 10.0. The number of anilines is 1. The number of nitrogens with zero attached hydrogens (tertiary/aromatic N) is 3. The highest BCUT2D eigenvalue weighted by atomic mass is 32.1. The molecule has 2 aromatic rings. The first-order valence-corrected chi connectivity index (χ1v) is 10.3. The lowest BCUT2D eigenvalue weighted by Crippen LogP contribution is -2.39. The van der Waals surface area contributed by atoms with Gasteiger partial charge in [0, 0.05) is 51.1 Å². The number of aliphatic hydroxyl groups is 1. The van der Waals surface area contributed by atoms with Gasteiger partial charge in [-0.25, -0.2) is 4.98 Å². The number of hydrogen-bond donors (Lipinski definition) is 2. The summed E-state index contributed by atoms with van der Waals surface area (Å²) in [6.45, 7) is 2.11. The molecule has 0 saturated carbocycles. The van der Waals surface area contributed by atoms with E-state index in [1.54, 1.807) is 23.5 Å². The van der Waals surface area contributed by atoms with Crippen LogP contribution in [0.25, 0.3) is 0 Å². The molecule has 1 saturated heterocycles. The molecule has 3 rings (SSSR count). The van der Waals surface area contributed by atoms with Crippen molar-refractivity contribution in [1.29, 1.82) is 0 Å². The van der Waals surface area contributed by atoms with E-state index in [1.807, 2.05) is 30.3 Å². The van der Waals surface area contributed by atoms with Gasteiger partial charge < -0.3 is 15.3 Å². The number of hydrogen-bond acceptors (Lipinski definition) is 6. The van der Waals surface area contributed by atoms with E-state index in [0.717, 1.165) is 18.5 Å². The van der Waals surface area contributed by atoms with Crippen molar-refractivity contribution in [3.63, 3.8) is 0 Å². The number of benzene rings is 1. The molecule has 0 radical (unpaired) electrons. The zero-order valence-corrected chi connectivity index (χ0v) is 16.8. The molecule has 2 heterocycles. The van der Waals surface area contributed by atoms with Crippen LogP contribution in [0.3, 0.4) is 0 Å². The summed E-state index contributed by atoms with van der Waals surface area (Å²) >= 11 is 1.35. The normalized spacial score (nSPS) is 18.0. The number of likely N-dealkylation sites (tertiary alicyclic amines) is 1. The highest BCUT2D eigenvalue weighted by Gasteiger charge is 2.28. The molecule has 0 unspecified atom stereocenters. The summed E-state index contributed by atoms with van der Waals surface area (Å²) in [5.41, 5.74) is 1.05. The fraction of sp³-hybridized carbons (Fsp3) is 0.450. The average molecular weight is 403 g/mol. The van der Waals surface area contributed by atoms with Gasteiger partial charge >= 0.3 is 0 Å². The third kappa shape index (κ3) is 5.60. The van der Waals surface area contributed by atoms with Crippen LogP contribution in [0.4, 0.5) is 5.13 Å². The highest BCUT2D eigenvalue weighted by molar-refractivity contribution is 7.13. The molecular weight excluding hydrogens is 376 g/mol. The van der Waals surface area contributed by atoms with Gasteiger partial charge in [0.15, 0.2) is 5.13 Å². The molecule has 150 valence electrons. The first kappa shape index (κ1) is 20.4. The second kappa shape index (κ2) is 9.77. The molecule has 2 amide bonds. The zero-order chi connectivity index (χ0) is 19.9. The predicted molar refractivity (Wildman–Crippen MR) is 109 cm³/mol. The van der Waals surface area contributed by atoms with Crippen LogP contribution in [0.2, 0.25) is 0 Å². The van der Waals surface area contributed by atoms with Crippen molar-refractivity contribution in [2.24, 2.45) is 0 Å². The Labute approximate surface area is 169 Å². The topological polar surface area (TPSA) is 85.8 Å². The summed E-state index contributed by atoms with van der Waals surface area (Å²) in [5.74, 6) is -0.293. The zero-order valence-electron chi connectivity index (χ0n) is 16.0. The summed E-state index contributed by atoms with van der Waals surface area (Å²) in [4.78, 5) is 32.7. The van der Waals surface area contributed by atoms with Gasteiger partial charge in [0.1, 0.15) is 0 Å². The predicted octanol–water partition coefficient (Wildman–Crippen LogP) is 2.13. The molecule has 0 aliphatic carbocycles. The molecule has 1 fully saturated rings. The monoisotopic (exact) mass is 402 g/mol. The Kier molecular flexibility index (Phi) is 7.13. The lowest BCUT2D eigenvalue weighted by Gasteiger charge is -2.32. The second-order valence-electron chi connectivity index (χ2n) is 7.02. The van der Waals surface area contributed by atoms with Crippen LogP contribution >= 0.6 is 11.3 Å². The number of aliphatic hydroxyl groups excluding tert-OH is 1.